The van der Waals surface area contributed by atoms with Gasteiger partial charge in [-0.05, 0) is 50.1 Å². The first-order chi connectivity index (χ1) is 14.3. The number of nitrogens with one attached hydrogen (secondary N) is 2. The molecule has 2 aromatic rings. The molecule has 0 aliphatic heterocycles. The van der Waals surface area contributed by atoms with Crippen molar-refractivity contribution in [3.8, 4) is 0 Å². The molecule has 8 heteroatoms. The van der Waals surface area contributed by atoms with Crippen molar-refractivity contribution in [3.63, 3.8) is 0 Å². The molecule has 1 fully saturated rings. The molecular weight excluding hydrogens is 440 g/mol. The van der Waals surface area contributed by atoms with Gasteiger partial charge in [-0.1, -0.05) is 48.6 Å². The van der Waals surface area contributed by atoms with Crippen molar-refractivity contribution in [1.82, 2.24) is 5.32 Å². The van der Waals surface area contributed by atoms with Gasteiger partial charge in [-0.15, -0.1) is 0 Å². The van der Waals surface area contributed by atoms with Crippen molar-refractivity contribution in [1.29, 1.82) is 0 Å². The number of hydrogen-bond acceptors (Lipinski definition) is 4. The van der Waals surface area contributed by atoms with E-state index in [1.165, 1.54) is 44.2 Å². The van der Waals surface area contributed by atoms with Gasteiger partial charge in [0.25, 0.3) is 15.9 Å². The summed E-state index contributed by atoms with van der Waals surface area (Å²) in [5.41, 5.74) is 1.52. The van der Waals surface area contributed by atoms with E-state index in [0.717, 1.165) is 11.3 Å². The molecule has 0 bridgehead atoms. The van der Waals surface area contributed by atoms with Crippen LogP contribution in [0.5, 0.6) is 0 Å². The maximum atomic E-state index is 12.6. The summed E-state index contributed by atoms with van der Waals surface area (Å²) in [5.74, 6) is 0.550. The molecule has 162 valence electrons. The summed E-state index contributed by atoms with van der Waals surface area (Å²) in [4.78, 5) is 12.7. The third kappa shape index (κ3) is 6.40. The highest BCUT2D eigenvalue weighted by atomic mass is 35.5. The molecule has 0 aromatic heterocycles. The van der Waals surface area contributed by atoms with Crippen molar-refractivity contribution in [2.75, 3.05) is 17.0 Å². The van der Waals surface area contributed by atoms with Crippen molar-refractivity contribution < 1.29 is 13.2 Å². The number of hydrogen-bond donors (Lipinski definition) is 2. The number of benzene rings is 2. The van der Waals surface area contributed by atoms with Crippen molar-refractivity contribution in [2.24, 2.45) is 0 Å². The molecule has 5 nitrogen and oxygen atoms in total. The first-order valence-corrected chi connectivity index (χ1v) is 13.0. The molecule has 1 aliphatic rings. The summed E-state index contributed by atoms with van der Waals surface area (Å²) in [5, 5.41) is 3.86. The molecule has 0 saturated heterocycles. The number of sulfonamides is 1. The third-order valence-electron chi connectivity index (χ3n) is 5.09. The quantitative estimate of drug-likeness (QED) is 0.521. The Bertz CT molecular complexity index is 972. The summed E-state index contributed by atoms with van der Waals surface area (Å²) < 4.78 is 27.7. The van der Waals surface area contributed by atoms with Gasteiger partial charge in [0.1, 0.15) is 0 Å². The Morgan fingerprint density at radius 1 is 1.10 bits per heavy atom. The Labute approximate surface area is 188 Å². The Balaban J connectivity index is 1.59. The molecule has 1 amide bonds. The predicted octanol–water partition coefficient (Wildman–Crippen LogP) is 5.24. The van der Waals surface area contributed by atoms with E-state index in [2.05, 4.69) is 10.0 Å². The maximum Gasteiger partial charge on any atom is 0.261 e. The van der Waals surface area contributed by atoms with E-state index >= 15 is 0 Å². The maximum absolute atomic E-state index is 12.6. The zero-order valence-corrected chi connectivity index (χ0v) is 19.4. The van der Waals surface area contributed by atoms with Gasteiger partial charge >= 0.3 is 0 Å². The fourth-order valence-electron chi connectivity index (χ4n) is 3.41. The molecule has 1 saturated carbocycles. The molecule has 2 N–H and O–H groups in total. The van der Waals surface area contributed by atoms with Gasteiger partial charge in [0.2, 0.25) is 0 Å². The first kappa shape index (κ1) is 23.0. The second kappa shape index (κ2) is 10.6. The SMILES string of the molecule is Cc1ccc(S(=O)(=O)Nc2ccc(Cl)c(C(=O)NCCSC3CCCCC3)c2)cc1. The minimum atomic E-state index is -3.75. The standard InChI is InChI=1S/C22H27ClN2O3S2/c1-16-7-10-19(11-8-16)30(27,28)25-17-9-12-21(23)20(15-17)22(26)24-13-14-29-18-5-3-2-4-6-18/h7-12,15,18,25H,2-6,13-14H2,1H3,(H,24,26). The minimum Gasteiger partial charge on any atom is -0.351 e. The summed E-state index contributed by atoms with van der Waals surface area (Å²) in [6.45, 7) is 2.44. The smallest absolute Gasteiger partial charge is 0.261 e. The van der Waals surface area contributed by atoms with Crippen LogP contribution in [-0.2, 0) is 10.0 Å². The second-order valence-corrected chi connectivity index (χ2v) is 11.0. The number of carbonyl (C=O) groups is 1. The number of halogens is 1. The Kier molecular flexibility index (Phi) is 8.08. The lowest BCUT2D eigenvalue weighted by Crippen LogP contribution is -2.27. The zero-order valence-electron chi connectivity index (χ0n) is 17.0. The number of anilines is 1. The fourth-order valence-corrected chi connectivity index (χ4v) is 5.88. The van der Waals surface area contributed by atoms with Crippen LogP contribution in [0.15, 0.2) is 47.4 Å². The van der Waals surface area contributed by atoms with Gasteiger partial charge < -0.3 is 5.32 Å². The Morgan fingerprint density at radius 2 is 1.80 bits per heavy atom. The van der Waals surface area contributed by atoms with E-state index < -0.39 is 10.0 Å². The normalized spacial score (nSPS) is 15.0. The molecule has 0 spiro atoms. The largest absolute Gasteiger partial charge is 0.351 e. The van der Waals surface area contributed by atoms with E-state index in [9.17, 15) is 13.2 Å². The van der Waals surface area contributed by atoms with Gasteiger partial charge in [-0.3, -0.25) is 9.52 Å². The van der Waals surface area contributed by atoms with Crippen molar-refractivity contribution in [3.05, 3.63) is 58.6 Å². The Morgan fingerprint density at radius 3 is 2.50 bits per heavy atom. The fraction of sp³-hybridized carbons (Fsp3) is 0.409. The van der Waals surface area contributed by atoms with E-state index in [1.54, 1.807) is 30.3 Å². The van der Waals surface area contributed by atoms with E-state index in [1.807, 2.05) is 18.7 Å². The minimum absolute atomic E-state index is 0.161. The van der Waals surface area contributed by atoms with Crippen LogP contribution in [-0.4, -0.2) is 31.9 Å². The van der Waals surface area contributed by atoms with Gasteiger partial charge in [0.05, 0.1) is 15.5 Å². The number of thioether (sulfide) groups is 1. The van der Waals surface area contributed by atoms with E-state index in [4.69, 9.17) is 11.6 Å². The van der Waals surface area contributed by atoms with E-state index in [0.29, 0.717) is 17.5 Å². The summed E-state index contributed by atoms with van der Waals surface area (Å²) >= 11 is 8.10. The van der Waals surface area contributed by atoms with Gasteiger partial charge in [-0.2, -0.15) is 11.8 Å². The summed E-state index contributed by atoms with van der Waals surface area (Å²) in [7, 11) is -3.75. The highest BCUT2D eigenvalue weighted by Crippen LogP contribution is 2.28. The number of aryl methyl sites for hydroxylation is 1. The highest BCUT2D eigenvalue weighted by molar-refractivity contribution is 7.99. The monoisotopic (exact) mass is 466 g/mol. The van der Waals surface area contributed by atoms with Crippen molar-refractivity contribution >= 4 is 45.0 Å². The summed E-state index contributed by atoms with van der Waals surface area (Å²) in [6, 6.07) is 11.1. The number of amides is 1. The molecule has 3 rings (SSSR count). The van der Waals surface area contributed by atoms with Crippen LogP contribution in [0.3, 0.4) is 0 Å². The highest BCUT2D eigenvalue weighted by Gasteiger charge is 2.17. The number of rotatable bonds is 8. The van der Waals surface area contributed by atoms with Crippen molar-refractivity contribution in [2.45, 2.75) is 49.2 Å². The molecular formula is C22H27ClN2O3S2. The van der Waals surface area contributed by atoms with Crippen LogP contribution in [0.2, 0.25) is 5.02 Å². The van der Waals surface area contributed by atoms with Crippen LogP contribution in [0.1, 0.15) is 48.0 Å². The zero-order chi connectivity index (χ0) is 21.6. The second-order valence-electron chi connectivity index (χ2n) is 7.50. The van der Waals surface area contributed by atoms with Gasteiger partial charge in [-0.25, -0.2) is 8.42 Å². The summed E-state index contributed by atoms with van der Waals surface area (Å²) in [6.07, 6.45) is 6.44. The predicted molar refractivity (Wildman–Crippen MR) is 125 cm³/mol. The molecule has 30 heavy (non-hydrogen) atoms. The van der Waals surface area contributed by atoms with Crippen LogP contribution in [0, 0.1) is 6.92 Å². The first-order valence-electron chi connectivity index (χ1n) is 10.1. The average molecular weight is 467 g/mol. The molecule has 1 aliphatic carbocycles. The molecule has 0 radical (unpaired) electrons. The van der Waals surface area contributed by atoms with E-state index in [-0.39, 0.29) is 21.4 Å². The molecule has 0 atom stereocenters. The molecule has 2 aromatic carbocycles. The van der Waals surface area contributed by atoms with Crippen LogP contribution < -0.4 is 10.0 Å². The average Bonchev–Trinajstić information content (AvgIpc) is 2.73. The molecule has 0 unspecified atom stereocenters. The Hall–Kier alpha value is -1.70. The van der Waals surface area contributed by atoms with Crippen LogP contribution in [0.25, 0.3) is 0 Å². The third-order valence-corrected chi connectivity index (χ3v) is 8.20. The van der Waals surface area contributed by atoms with Crippen LogP contribution >= 0.6 is 23.4 Å². The van der Waals surface area contributed by atoms with Gasteiger partial charge in [0.15, 0.2) is 0 Å². The molecule has 0 heterocycles. The number of carbonyl (C=O) groups excluding carboxylic acids is 1. The van der Waals surface area contributed by atoms with Gasteiger partial charge in [0, 0.05) is 23.2 Å². The van der Waals surface area contributed by atoms with Crippen LogP contribution in [0.4, 0.5) is 5.69 Å². The lowest BCUT2D eigenvalue weighted by molar-refractivity contribution is 0.0956. The lowest BCUT2D eigenvalue weighted by atomic mass is 10.0. The lowest BCUT2D eigenvalue weighted by Gasteiger charge is -2.20. The topological polar surface area (TPSA) is 75.3 Å².